The third-order valence-electron chi connectivity index (χ3n) is 2.43. The predicted octanol–water partition coefficient (Wildman–Crippen LogP) is 1.24. The van der Waals surface area contributed by atoms with E-state index in [-0.39, 0.29) is 12.3 Å². The van der Waals surface area contributed by atoms with E-state index in [1.807, 2.05) is 13.8 Å². The number of hydrogen-bond acceptors (Lipinski definition) is 4. The molecule has 0 aromatic carbocycles. The van der Waals surface area contributed by atoms with Gasteiger partial charge < -0.3 is 9.47 Å². The van der Waals surface area contributed by atoms with E-state index in [1.165, 1.54) is 0 Å². The van der Waals surface area contributed by atoms with Crippen molar-refractivity contribution in [3.05, 3.63) is 0 Å². The summed E-state index contributed by atoms with van der Waals surface area (Å²) < 4.78 is 10.0. The normalized spacial score (nSPS) is 23.3. The Hall–Kier alpha value is -1.06. The van der Waals surface area contributed by atoms with Gasteiger partial charge in [0.25, 0.3) is 5.79 Å². The summed E-state index contributed by atoms with van der Waals surface area (Å²) in [7, 11) is 0. The molecular formula is C9H14O4. The van der Waals surface area contributed by atoms with Gasteiger partial charge >= 0.3 is 11.9 Å². The van der Waals surface area contributed by atoms with Crippen LogP contribution in [0.15, 0.2) is 0 Å². The first-order valence-electron chi connectivity index (χ1n) is 4.41. The minimum Gasteiger partial charge on any atom is -0.422 e. The third-order valence-corrected chi connectivity index (χ3v) is 2.43. The zero-order valence-electron chi connectivity index (χ0n) is 8.12. The molecule has 1 atom stereocenters. The molecule has 13 heavy (non-hydrogen) atoms. The number of esters is 2. The number of hydrogen-bond donors (Lipinski definition) is 0. The van der Waals surface area contributed by atoms with Crippen LogP contribution in [0.25, 0.3) is 0 Å². The van der Waals surface area contributed by atoms with Crippen molar-refractivity contribution in [2.24, 2.45) is 5.92 Å². The average molecular weight is 186 g/mol. The van der Waals surface area contributed by atoms with Crippen LogP contribution < -0.4 is 0 Å². The molecule has 1 aliphatic rings. The van der Waals surface area contributed by atoms with Crippen molar-refractivity contribution in [2.75, 3.05) is 0 Å². The molecule has 1 aliphatic heterocycles. The Morgan fingerprint density at radius 2 is 1.85 bits per heavy atom. The molecule has 1 rings (SSSR count). The Balaban J connectivity index is 2.77. The molecule has 74 valence electrons. The lowest BCUT2D eigenvalue weighted by Gasteiger charge is -2.36. The van der Waals surface area contributed by atoms with Gasteiger partial charge in [0.2, 0.25) is 0 Å². The highest BCUT2D eigenvalue weighted by Gasteiger charge is 2.42. The standard InChI is InChI=1S/C9H14O4/c1-4-6(2)9(3)12-7(10)5-8(11)13-9/h6H,4-5H2,1-3H3. The zero-order chi connectivity index (χ0) is 10.1. The Morgan fingerprint density at radius 1 is 1.38 bits per heavy atom. The second-order valence-electron chi connectivity index (χ2n) is 3.45. The van der Waals surface area contributed by atoms with Crippen LogP contribution in [-0.4, -0.2) is 17.7 Å². The van der Waals surface area contributed by atoms with E-state index in [0.717, 1.165) is 6.42 Å². The van der Waals surface area contributed by atoms with Crippen LogP contribution in [0, 0.1) is 5.92 Å². The molecule has 0 radical (unpaired) electrons. The molecule has 1 unspecified atom stereocenters. The summed E-state index contributed by atoms with van der Waals surface area (Å²) in [6, 6.07) is 0. The van der Waals surface area contributed by atoms with E-state index in [0.29, 0.717) is 0 Å². The topological polar surface area (TPSA) is 52.6 Å². The van der Waals surface area contributed by atoms with Gasteiger partial charge in [-0.15, -0.1) is 0 Å². The van der Waals surface area contributed by atoms with Crippen LogP contribution in [0.3, 0.4) is 0 Å². The Morgan fingerprint density at radius 3 is 2.23 bits per heavy atom. The molecule has 1 heterocycles. The molecule has 0 aromatic rings. The van der Waals surface area contributed by atoms with Crippen LogP contribution in [0.2, 0.25) is 0 Å². The molecule has 0 spiro atoms. The lowest BCUT2D eigenvalue weighted by Crippen LogP contribution is -2.47. The maximum atomic E-state index is 11.0. The lowest BCUT2D eigenvalue weighted by atomic mass is 9.98. The number of ether oxygens (including phenoxy) is 2. The van der Waals surface area contributed by atoms with Gasteiger partial charge in [-0.3, -0.25) is 9.59 Å². The first kappa shape index (κ1) is 10.0. The number of cyclic esters (lactones) is 2. The van der Waals surface area contributed by atoms with E-state index in [2.05, 4.69) is 0 Å². The Kier molecular flexibility index (Phi) is 2.59. The van der Waals surface area contributed by atoms with Crippen molar-refractivity contribution >= 4 is 11.9 Å². The second-order valence-corrected chi connectivity index (χ2v) is 3.45. The van der Waals surface area contributed by atoms with Crippen LogP contribution in [0.4, 0.5) is 0 Å². The minimum atomic E-state index is -1.07. The molecule has 0 saturated carbocycles. The minimum absolute atomic E-state index is 0.0145. The van der Waals surface area contributed by atoms with Crippen LogP contribution >= 0.6 is 0 Å². The van der Waals surface area contributed by atoms with Crippen molar-refractivity contribution in [1.82, 2.24) is 0 Å². The van der Waals surface area contributed by atoms with Gasteiger partial charge in [-0.25, -0.2) is 0 Å². The van der Waals surface area contributed by atoms with E-state index in [4.69, 9.17) is 9.47 Å². The number of carbonyl (C=O) groups excluding carboxylic acids is 2. The van der Waals surface area contributed by atoms with Gasteiger partial charge in [0.05, 0.1) is 0 Å². The summed E-state index contributed by atoms with van der Waals surface area (Å²) in [4.78, 5) is 22.0. The highest BCUT2D eigenvalue weighted by Crippen LogP contribution is 2.29. The fourth-order valence-electron chi connectivity index (χ4n) is 1.23. The van der Waals surface area contributed by atoms with Crippen molar-refractivity contribution in [3.8, 4) is 0 Å². The fourth-order valence-corrected chi connectivity index (χ4v) is 1.23. The summed E-state index contributed by atoms with van der Waals surface area (Å²) in [5.41, 5.74) is 0. The highest BCUT2D eigenvalue weighted by atomic mass is 16.7. The van der Waals surface area contributed by atoms with Crippen molar-refractivity contribution in [1.29, 1.82) is 0 Å². The molecular weight excluding hydrogens is 172 g/mol. The average Bonchev–Trinajstić information content (AvgIpc) is 2.00. The molecule has 0 amide bonds. The van der Waals surface area contributed by atoms with Crippen LogP contribution in [0.5, 0.6) is 0 Å². The van der Waals surface area contributed by atoms with Gasteiger partial charge in [0, 0.05) is 12.8 Å². The molecule has 1 fully saturated rings. The Bertz CT molecular complexity index is 218. The highest BCUT2D eigenvalue weighted by molar-refractivity contribution is 5.93. The fraction of sp³-hybridized carbons (Fsp3) is 0.778. The van der Waals surface area contributed by atoms with Gasteiger partial charge in [0.1, 0.15) is 6.42 Å². The lowest BCUT2D eigenvalue weighted by molar-refractivity contribution is -0.253. The summed E-state index contributed by atoms with van der Waals surface area (Å²) in [6.07, 6.45) is 0.517. The van der Waals surface area contributed by atoms with E-state index >= 15 is 0 Å². The van der Waals surface area contributed by atoms with Gasteiger partial charge in [0.15, 0.2) is 0 Å². The smallest absolute Gasteiger partial charge is 0.320 e. The maximum Gasteiger partial charge on any atom is 0.320 e. The zero-order valence-corrected chi connectivity index (χ0v) is 8.12. The first-order valence-corrected chi connectivity index (χ1v) is 4.41. The van der Waals surface area contributed by atoms with Crippen molar-refractivity contribution in [2.45, 2.75) is 39.4 Å². The van der Waals surface area contributed by atoms with Gasteiger partial charge in [-0.1, -0.05) is 13.8 Å². The van der Waals surface area contributed by atoms with Gasteiger partial charge in [-0.2, -0.15) is 0 Å². The molecule has 0 N–H and O–H groups in total. The molecule has 0 aliphatic carbocycles. The predicted molar refractivity (Wildman–Crippen MR) is 44.7 cm³/mol. The third kappa shape index (κ3) is 1.99. The second kappa shape index (κ2) is 3.36. The Labute approximate surface area is 77.2 Å². The molecule has 4 heteroatoms. The monoisotopic (exact) mass is 186 g/mol. The summed E-state index contributed by atoms with van der Waals surface area (Å²) in [5, 5.41) is 0. The van der Waals surface area contributed by atoms with Gasteiger partial charge in [-0.05, 0) is 6.42 Å². The van der Waals surface area contributed by atoms with E-state index in [9.17, 15) is 9.59 Å². The molecule has 4 nitrogen and oxygen atoms in total. The summed E-state index contributed by atoms with van der Waals surface area (Å²) in [5.74, 6) is -2.06. The van der Waals surface area contributed by atoms with Crippen LogP contribution in [0.1, 0.15) is 33.6 Å². The molecule has 0 bridgehead atoms. The van der Waals surface area contributed by atoms with Crippen molar-refractivity contribution < 1.29 is 19.1 Å². The van der Waals surface area contributed by atoms with Crippen molar-refractivity contribution in [3.63, 3.8) is 0 Å². The maximum absolute atomic E-state index is 11.0. The summed E-state index contributed by atoms with van der Waals surface area (Å²) in [6.45, 7) is 5.45. The largest absolute Gasteiger partial charge is 0.422 e. The number of carbonyl (C=O) groups is 2. The molecule has 0 aromatic heterocycles. The van der Waals surface area contributed by atoms with E-state index in [1.54, 1.807) is 6.92 Å². The molecule has 1 saturated heterocycles. The summed E-state index contributed by atoms with van der Waals surface area (Å²) >= 11 is 0. The first-order chi connectivity index (χ1) is 5.98. The SMILES string of the molecule is CCC(C)C1(C)OC(=O)CC(=O)O1. The number of rotatable bonds is 2. The quantitative estimate of drug-likeness (QED) is 0.481. The van der Waals surface area contributed by atoms with Crippen LogP contribution in [-0.2, 0) is 19.1 Å². The van der Waals surface area contributed by atoms with E-state index < -0.39 is 17.7 Å².